The molecule has 2 heterocycles. The molecule has 0 saturated heterocycles. The summed E-state index contributed by atoms with van der Waals surface area (Å²) in [5, 5.41) is 6.33. The largest absolute Gasteiger partial charge is 0.454 e. The molecule has 8 heteroatoms. The van der Waals surface area contributed by atoms with Gasteiger partial charge in [0.2, 0.25) is 0 Å². The van der Waals surface area contributed by atoms with Crippen LogP contribution in [0, 0.1) is 6.92 Å². The first-order valence-electron chi connectivity index (χ1n) is 6.47. The number of rotatable bonds is 5. The Morgan fingerprint density at radius 2 is 2.00 bits per heavy atom. The standard InChI is InChI=1S/C14H18N4O2S.HI/c1-9-3-5-11(21-9)8-18-14(16-2)17-7-10-4-6-12(20-10)13(15)19;/h3-6H,7-8H2,1-2H3,(H2,15,19)(H2,16,17,18);1H. The second kappa shape index (κ2) is 8.79. The number of halogens is 1. The fourth-order valence-corrected chi connectivity index (χ4v) is 2.58. The quantitative estimate of drug-likeness (QED) is 0.382. The molecule has 2 aromatic rings. The first-order chi connectivity index (χ1) is 10.1. The van der Waals surface area contributed by atoms with Crippen molar-refractivity contribution in [1.82, 2.24) is 10.6 Å². The number of nitrogens with one attached hydrogen (secondary N) is 2. The number of hydrogen-bond acceptors (Lipinski definition) is 4. The zero-order valence-electron chi connectivity index (χ0n) is 12.4. The van der Waals surface area contributed by atoms with Gasteiger partial charge in [-0.1, -0.05) is 0 Å². The van der Waals surface area contributed by atoms with Crippen molar-refractivity contribution in [2.75, 3.05) is 7.05 Å². The van der Waals surface area contributed by atoms with Gasteiger partial charge in [-0.2, -0.15) is 0 Å². The third-order valence-electron chi connectivity index (χ3n) is 2.78. The molecule has 0 aromatic carbocycles. The summed E-state index contributed by atoms with van der Waals surface area (Å²) in [6.45, 7) is 3.22. The number of hydrogen-bond donors (Lipinski definition) is 3. The molecule has 22 heavy (non-hydrogen) atoms. The monoisotopic (exact) mass is 434 g/mol. The molecule has 0 aliphatic heterocycles. The van der Waals surface area contributed by atoms with Gasteiger partial charge < -0.3 is 20.8 Å². The van der Waals surface area contributed by atoms with Crippen LogP contribution in [-0.2, 0) is 13.1 Å². The Labute approximate surface area is 150 Å². The number of aliphatic imine (C=N–C) groups is 1. The van der Waals surface area contributed by atoms with Crippen LogP contribution in [0.3, 0.4) is 0 Å². The summed E-state index contributed by atoms with van der Waals surface area (Å²) < 4.78 is 5.29. The Morgan fingerprint density at radius 1 is 1.27 bits per heavy atom. The molecule has 120 valence electrons. The molecule has 0 fully saturated rings. The van der Waals surface area contributed by atoms with E-state index in [9.17, 15) is 4.79 Å². The van der Waals surface area contributed by atoms with Crippen molar-refractivity contribution < 1.29 is 9.21 Å². The maximum Gasteiger partial charge on any atom is 0.284 e. The average Bonchev–Trinajstić information content (AvgIpc) is 3.08. The van der Waals surface area contributed by atoms with Crippen molar-refractivity contribution in [3.05, 3.63) is 45.5 Å². The molecule has 0 atom stereocenters. The van der Waals surface area contributed by atoms with E-state index in [-0.39, 0.29) is 29.7 Å². The van der Waals surface area contributed by atoms with Gasteiger partial charge >= 0.3 is 0 Å². The molecule has 4 N–H and O–H groups in total. The molecule has 1 amide bonds. The molecule has 0 unspecified atom stereocenters. The first kappa shape index (κ1) is 18.5. The third-order valence-corrected chi connectivity index (χ3v) is 3.78. The number of carbonyl (C=O) groups excluding carboxylic acids is 1. The number of nitrogens with two attached hydrogens (primary N) is 1. The summed E-state index contributed by atoms with van der Waals surface area (Å²) in [6.07, 6.45) is 0. The lowest BCUT2D eigenvalue weighted by Crippen LogP contribution is -2.36. The van der Waals surface area contributed by atoms with Crippen LogP contribution in [-0.4, -0.2) is 18.9 Å². The van der Waals surface area contributed by atoms with E-state index in [1.165, 1.54) is 9.75 Å². The lowest BCUT2D eigenvalue weighted by Gasteiger charge is -2.09. The number of carbonyl (C=O) groups is 1. The zero-order valence-corrected chi connectivity index (χ0v) is 15.5. The Morgan fingerprint density at radius 3 is 2.55 bits per heavy atom. The Bertz CT molecular complexity index is 651. The topological polar surface area (TPSA) is 92.6 Å². The van der Waals surface area contributed by atoms with Gasteiger partial charge in [0.15, 0.2) is 11.7 Å². The summed E-state index contributed by atoms with van der Waals surface area (Å²) in [6, 6.07) is 7.45. The normalized spacial score (nSPS) is 10.9. The molecular formula is C14H19IN4O2S. The van der Waals surface area contributed by atoms with Gasteiger partial charge in [-0.3, -0.25) is 9.79 Å². The van der Waals surface area contributed by atoms with Crippen molar-refractivity contribution in [2.24, 2.45) is 10.7 Å². The van der Waals surface area contributed by atoms with E-state index >= 15 is 0 Å². The van der Waals surface area contributed by atoms with Gasteiger partial charge in [0.25, 0.3) is 5.91 Å². The number of aryl methyl sites for hydroxylation is 1. The van der Waals surface area contributed by atoms with Crippen molar-refractivity contribution in [1.29, 1.82) is 0 Å². The minimum Gasteiger partial charge on any atom is -0.454 e. The van der Waals surface area contributed by atoms with E-state index < -0.39 is 5.91 Å². The van der Waals surface area contributed by atoms with Gasteiger partial charge in [0.05, 0.1) is 13.1 Å². The van der Waals surface area contributed by atoms with Crippen LogP contribution in [0.1, 0.15) is 26.1 Å². The minimum absolute atomic E-state index is 0. The van der Waals surface area contributed by atoms with Crippen LogP contribution in [0.5, 0.6) is 0 Å². The van der Waals surface area contributed by atoms with E-state index in [2.05, 4.69) is 34.7 Å². The minimum atomic E-state index is -0.572. The summed E-state index contributed by atoms with van der Waals surface area (Å²) in [5.41, 5.74) is 5.14. The first-order valence-corrected chi connectivity index (χ1v) is 7.28. The summed E-state index contributed by atoms with van der Waals surface area (Å²) in [7, 11) is 1.70. The van der Waals surface area contributed by atoms with Gasteiger partial charge in [-0.25, -0.2) is 0 Å². The Balaban J connectivity index is 0.00000242. The molecule has 0 aliphatic rings. The molecule has 6 nitrogen and oxygen atoms in total. The van der Waals surface area contributed by atoms with E-state index in [1.807, 2.05) is 0 Å². The van der Waals surface area contributed by atoms with Crippen molar-refractivity contribution in [3.63, 3.8) is 0 Å². The van der Waals surface area contributed by atoms with E-state index in [1.54, 1.807) is 30.5 Å². The molecule has 0 spiro atoms. The van der Waals surface area contributed by atoms with E-state index in [0.29, 0.717) is 24.8 Å². The number of guanidine groups is 1. The van der Waals surface area contributed by atoms with E-state index in [4.69, 9.17) is 10.2 Å². The summed E-state index contributed by atoms with van der Waals surface area (Å²) >= 11 is 1.75. The van der Waals surface area contributed by atoms with Gasteiger partial charge in [-0.05, 0) is 31.2 Å². The van der Waals surface area contributed by atoms with Crippen LogP contribution in [0.15, 0.2) is 33.7 Å². The van der Waals surface area contributed by atoms with Crippen LogP contribution >= 0.6 is 35.3 Å². The highest BCUT2D eigenvalue weighted by Crippen LogP contribution is 2.14. The molecule has 0 aliphatic carbocycles. The van der Waals surface area contributed by atoms with Crippen LogP contribution < -0.4 is 16.4 Å². The van der Waals surface area contributed by atoms with Gasteiger partial charge in [-0.15, -0.1) is 35.3 Å². The Kier molecular flexibility index (Phi) is 7.39. The maximum absolute atomic E-state index is 10.9. The number of primary amides is 1. The SMILES string of the molecule is CN=C(NCc1ccc(C(N)=O)o1)NCc1ccc(C)s1.I. The van der Waals surface area contributed by atoms with E-state index in [0.717, 1.165) is 0 Å². The second-order valence-corrected chi connectivity index (χ2v) is 5.79. The van der Waals surface area contributed by atoms with Crippen LogP contribution in [0.25, 0.3) is 0 Å². The van der Waals surface area contributed by atoms with Crippen molar-refractivity contribution >= 4 is 47.2 Å². The van der Waals surface area contributed by atoms with Crippen LogP contribution in [0.4, 0.5) is 0 Å². The average molecular weight is 434 g/mol. The molecule has 0 bridgehead atoms. The zero-order chi connectivity index (χ0) is 15.2. The van der Waals surface area contributed by atoms with Crippen molar-refractivity contribution in [2.45, 2.75) is 20.0 Å². The number of nitrogens with zero attached hydrogens (tertiary/aromatic N) is 1. The predicted molar refractivity (Wildman–Crippen MR) is 98.7 cm³/mol. The summed E-state index contributed by atoms with van der Waals surface area (Å²) in [4.78, 5) is 17.6. The smallest absolute Gasteiger partial charge is 0.284 e. The molecule has 2 rings (SSSR count). The number of thiophene rings is 1. The molecule has 0 saturated carbocycles. The highest BCUT2D eigenvalue weighted by Gasteiger charge is 2.07. The lowest BCUT2D eigenvalue weighted by atomic mass is 10.4. The highest BCUT2D eigenvalue weighted by molar-refractivity contribution is 14.0. The number of amides is 1. The molecule has 2 aromatic heterocycles. The van der Waals surface area contributed by atoms with Gasteiger partial charge in [0.1, 0.15) is 5.76 Å². The fraction of sp³-hybridized carbons (Fsp3) is 0.286. The number of furan rings is 1. The maximum atomic E-state index is 10.9. The third kappa shape index (κ3) is 5.34. The Hall–Kier alpha value is -1.55. The summed E-state index contributed by atoms with van der Waals surface area (Å²) in [5.74, 6) is 0.873. The van der Waals surface area contributed by atoms with Crippen molar-refractivity contribution in [3.8, 4) is 0 Å². The lowest BCUT2D eigenvalue weighted by molar-refractivity contribution is 0.0972. The van der Waals surface area contributed by atoms with Crippen LogP contribution in [0.2, 0.25) is 0 Å². The van der Waals surface area contributed by atoms with Gasteiger partial charge in [0, 0.05) is 16.8 Å². The fourth-order valence-electron chi connectivity index (χ4n) is 1.75. The second-order valence-electron chi connectivity index (χ2n) is 4.42. The molecular weight excluding hydrogens is 415 g/mol. The predicted octanol–water partition coefficient (Wildman–Crippen LogP) is 2.23. The highest BCUT2D eigenvalue weighted by atomic mass is 127. The molecule has 0 radical (unpaired) electrons.